The number of halogens is 1. The molecule has 1 aromatic carbocycles. The molecule has 2 heterocycles. The molecular weight excluding hydrogens is 391 g/mol. The van der Waals surface area contributed by atoms with E-state index in [2.05, 4.69) is 21.6 Å². The van der Waals surface area contributed by atoms with E-state index >= 15 is 0 Å². The summed E-state index contributed by atoms with van der Waals surface area (Å²) in [6.07, 6.45) is 9.13. The van der Waals surface area contributed by atoms with Gasteiger partial charge in [0.25, 0.3) is 0 Å². The van der Waals surface area contributed by atoms with E-state index in [4.69, 9.17) is 0 Å². The number of alkyl halides is 1. The molecule has 0 saturated heterocycles. The van der Waals surface area contributed by atoms with Crippen molar-refractivity contribution in [1.29, 1.82) is 0 Å². The van der Waals surface area contributed by atoms with E-state index in [0.717, 1.165) is 35.7 Å². The average molecular weight is 423 g/mol. The molecule has 1 saturated carbocycles. The minimum absolute atomic E-state index is 0.0175. The van der Waals surface area contributed by atoms with E-state index in [1.165, 1.54) is 30.0 Å². The maximum atomic E-state index is 13.4. The summed E-state index contributed by atoms with van der Waals surface area (Å²) in [4.78, 5) is 2.32. The average Bonchev–Trinajstić information content (AvgIpc) is 3.40. The summed E-state index contributed by atoms with van der Waals surface area (Å²) >= 11 is 0. The van der Waals surface area contributed by atoms with E-state index in [1.54, 1.807) is 0 Å². The van der Waals surface area contributed by atoms with Gasteiger partial charge in [-0.2, -0.15) is 4.31 Å². The lowest BCUT2D eigenvalue weighted by molar-refractivity contribution is 0.346. The van der Waals surface area contributed by atoms with Gasteiger partial charge in [0, 0.05) is 36.7 Å². The summed E-state index contributed by atoms with van der Waals surface area (Å²) in [5.74, 6) is 0.729. The van der Waals surface area contributed by atoms with Gasteiger partial charge in [-0.3, -0.25) is 0 Å². The summed E-state index contributed by atoms with van der Waals surface area (Å²) in [6.45, 7) is 1.95. The molecule has 1 atom stereocenters. The number of sulfonamides is 1. The monoisotopic (exact) mass is 422 g/mol. The number of benzene rings is 1. The van der Waals surface area contributed by atoms with E-state index in [1.807, 2.05) is 24.4 Å². The highest BCUT2D eigenvalue weighted by molar-refractivity contribution is 7.88. The molecule has 29 heavy (non-hydrogen) atoms. The molecule has 2 aliphatic heterocycles. The van der Waals surface area contributed by atoms with Crippen LogP contribution in [0.15, 0.2) is 36.2 Å². The first-order valence-corrected chi connectivity index (χ1v) is 12.2. The number of nitrogens with zero attached hydrogens (tertiary/aromatic N) is 2. The second-order valence-electron chi connectivity index (χ2n) is 8.38. The lowest BCUT2D eigenvalue weighted by Gasteiger charge is -2.35. The molecule has 160 valence electrons. The summed E-state index contributed by atoms with van der Waals surface area (Å²) < 4.78 is 39.7. The van der Waals surface area contributed by atoms with E-state index in [0.29, 0.717) is 19.8 Å². The van der Waals surface area contributed by atoms with Crippen LogP contribution in [0, 0.1) is 5.92 Å². The van der Waals surface area contributed by atoms with Gasteiger partial charge >= 0.3 is 0 Å². The van der Waals surface area contributed by atoms with E-state index in [9.17, 15) is 12.8 Å². The molecule has 0 amide bonds. The van der Waals surface area contributed by atoms with Crippen molar-refractivity contribution in [1.82, 2.24) is 14.9 Å². The van der Waals surface area contributed by atoms with Crippen LogP contribution in [0.2, 0.25) is 0 Å². The topological polar surface area (TPSA) is 64.7 Å². The number of fused-ring (bicyclic) bond motifs is 1. The largest absolute Gasteiger partial charge is 0.372 e. The third-order valence-corrected chi connectivity index (χ3v) is 7.79. The smallest absolute Gasteiger partial charge is 0.243 e. The van der Waals surface area contributed by atoms with Crippen LogP contribution in [0.4, 0.5) is 10.1 Å². The zero-order valence-corrected chi connectivity index (χ0v) is 17.6. The number of hydrogen-bond donors (Lipinski definition) is 2. The summed E-state index contributed by atoms with van der Waals surface area (Å²) in [7, 11) is -3.91. The van der Waals surface area contributed by atoms with Crippen LogP contribution < -0.4 is 15.5 Å². The van der Waals surface area contributed by atoms with Gasteiger partial charge in [0.05, 0.1) is 13.2 Å². The maximum absolute atomic E-state index is 13.4. The highest BCUT2D eigenvalue weighted by Crippen LogP contribution is 2.34. The molecule has 2 N–H and O–H groups in total. The van der Waals surface area contributed by atoms with Crippen molar-refractivity contribution in [3.05, 3.63) is 41.7 Å². The number of rotatable bonds is 7. The molecule has 1 fully saturated rings. The first kappa shape index (κ1) is 20.5. The molecule has 8 heteroatoms. The Bertz CT molecular complexity index is 839. The predicted octanol–water partition coefficient (Wildman–Crippen LogP) is 2.90. The Kier molecular flexibility index (Phi) is 6.29. The van der Waals surface area contributed by atoms with Crippen molar-refractivity contribution in [2.75, 3.05) is 30.7 Å². The Balaban J connectivity index is 1.65. The van der Waals surface area contributed by atoms with Crippen LogP contribution in [-0.2, 0) is 16.6 Å². The Hall–Kier alpha value is -1.80. The summed E-state index contributed by atoms with van der Waals surface area (Å²) in [5.41, 5.74) is 3.07. The molecule has 1 unspecified atom stereocenters. The molecule has 4 rings (SSSR count). The first-order valence-electron chi connectivity index (χ1n) is 10.6. The van der Waals surface area contributed by atoms with Gasteiger partial charge in [-0.25, -0.2) is 12.8 Å². The fourth-order valence-electron chi connectivity index (χ4n) is 4.85. The Morgan fingerprint density at radius 1 is 1.14 bits per heavy atom. The van der Waals surface area contributed by atoms with Crippen LogP contribution in [0.5, 0.6) is 0 Å². The minimum atomic E-state index is -3.91. The molecule has 1 aliphatic carbocycles. The molecule has 0 aromatic heterocycles. The van der Waals surface area contributed by atoms with Crippen molar-refractivity contribution in [3.8, 4) is 0 Å². The zero-order chi connectivity index (χ0) is 20.3. The molecule has 3 aliphatic rings. The maximum Gasteiger partial charge on any atom is 0.243 e. The van der Waals surface area contributed by atoms with Crippen molar-refractivity contribution in [2.24, 2.45) is 5.92 Å². The van der Waals surface area contributed by atoms with Crippen LogP contribution in [-0.4, -0.2) is 44.5 Å². The molecule has 0 radical (unpaired) electrons. The normalized spacial score (nSPS) is 23.3. The number of para-hydroxylation sites is 1. The lowest BCUT2D eigenvalue weighted by Crippen LogP contribution is -2.45. The summed E-state index contributed by atoms with van der Waals surface area (Å²) in [6, 6.07) is 6.60. The molecule has 6 nitrogen and oxygen atoms in total. The molecular formula is C21H31FN4O2S. The van der Waals surface area contributed by atoms with Crippen LogP contribution >= 0.6 is 0 Å². The molecule has 0 spiro atoms. The van der Waals surface area contributed by atoms with Crippen molar-refractivity contribution < 1.29 is 12.8 Å². The molecule has 0 bridgehead atoms. The number of nitrogens with one attached hydrogen (secondary N) is 2. The second-order valence-corrected chi connectivity index (χ2v) is 10.3. The van der Waals surface area contributed by atoms with Gasteiger partial charge in [0.15, 0.2) is 0 Å². The van der Waals surface area contributed by atoms with Gasteiger partial charge in [0.2, 0.25) is 16.0 Å². The highest BCUT2D eigenvalue weighted by Gasteiger charge is 2.34. The van der Waals surface area contributed by atoms with Gasteiger partial charge in [-0.1, -0.05) is 43.9 Å². The Morgan fingerprint density at radius 2 is 1.93 bits per heavy atom. The highest BCUT2D eigenvalue weighted by atomic mass is 32.2. The Labute approximate surface area is 173 Å². The minimum Gasteiger partial charge on any atom is -0.372 e. The predicted molar refractivity (Wildman–Crippen MR) is 113 cm³/mol. The van der Waals surface area contributed by atoms with Crippen LogP contribution in [0.1, 0.15) is 44.1 Å². The van der Waals surface area contributed by atoms with Gasteiger partial charge in [0.1, 0.15) is 0 Å². The third kappa shape index (κ3) is 4.69. The van der Waals surface area contributed by atoms with E-state index in [-0.39, 0.29) is 12.6 Å². The van der Waals surface area contributed by atoms with Crippen LogP contribution in [0.3, 0.4) is 0 Å². The Morgan fingerprint density at radius 3 is 2.66 bits per heavy atom. The summed E-state index contributed by atoms with van der Waals surface area (Å²) in [5, 5.41) is 6.52. The van der Waals surface area contributed by atoms with Gasteiger partial charge in [-0.05, 0) is 30.4 Å². The third-order valence-electron chi connectivity index (χ3n) is 6.45. The SMILES string of the molecule is O=S(=O)(CF)N1Cc2ccccc2N(CC2=CNCN2)C(CCC2CCCC2)C1. The number of hydrogen-bond acceptors (Lipinski definition) is 5. The van der Waals surface area contributed by atoms with Gasteiger partial charge in [-0.15, -0.1) is 0 Å². The zero-order valence-electron chi connectivity index (χ0n) is 16.8. The second kappa shape index (κ2) is 8.92. The van der Waals surface area contributed by atoms with Crippen molar-refractivity contribution in [3.63, 3.8) is 0 Å². The lowest BCUT2D eigenvalue weighted by atomic mass is 9.97. The fraction of sp³-hybridized carbons (Fsp3) is 0.619. The standard InChI is InChI=1S/C21H31FN4O2S/c22-15-29(27,28)25-12-18-7-3-4-8-21(18)26(13-19-11-23-16-24-19)20(14-25)10-9-17-5-1-2-6-17/h3-4,7-8,11,17,20,23-24H,1-2,5-6,9-10,12-16H2. The quantitative estimate of drug-likeness (QED) is 0.707. The van der Waals surface area contributed by atoms with E-state index < -0.39 is 16.0 Å². The first-order chi connectivity index (χ1) is 14.1. The molecule has 1 aromatic rings. The van der Waals surface area contributed by atoms with Gasteiger partial charge < -0.3 is 15.5 Å². The fourth-order valence-corrected chi connectivity index (χ4v) is 5.73. The number of anilines is 1. The van der Waals surface area contributed by atoms with Crippen molar-refractivity contribution in [2.45, 2.75) is 51.1 Å². The van der Waals surface area contributed by atoms with Crippen LogP contribution in [0.25, 0.3) is 0 Å². The van der Waals surface area contributed by atoms with Crippen molar-refractivity contribution >= 4 is 15.7 Å².